The molecule has 2 aromatic heterocycles. The molecule has 1 N–H and O–H groups in total. The van der Waals surface area contributed by atoms with Crippen molar-refractivity contribution in [1.29, 1.82) is 0 Å². The van der Waals surface area contributed by atoms with Crippen LogP contribution in [0.4, 0.5) is 5.13 Å². The third-order valence-electron chi connectivity index (χ3n) is 3.64. The van der Waals surface area contributed by atoms with Crippen molar-refractivity contribution in [3.05, 3.63) is 57.1 Å². The molecule has 0 unspecified atom stereocenters. The number of aromatic nitrogens is 1. The van der Waals surface area contributed by atoms with E-state index in [4.69, 9.17) is 0 Å². The largest absolute Gasteiger partial charge is 0.302 e. The number of benzene rings is 1. The van der Waals surface area contributed by atoms with E-state index in [1.54, 1.807) is 11.3 Å². The number of nitrogens with one attached hydrogen (secondary N) is 1. The number of thiazole rings is 1. The van der Waals surface area contributed by atoms with E-state index < -0.39 is 0 Å². The van der Waals surface area contributed by atoms with E-state index >= 15 is 0 Å². The van der Waals surface area contributed by atoms with E-state index in [1.165, 1.54) is 28.0 Å². The molecular formula is C18H18N2OS2. The topological polar surface area (TPSA) is 42.0 Å². The minimum absolute atomic E-state index is 0.0121. The highest BCUT2D eigenvalue weighted by Gasteiger charge is 2.10. The molecule has 3 nitrogen and oxygen atoms in total. The molecule has 3 aromatic rings. The average molecular weight is 342 g/mol. The van der Waals surface area contributed by atoms with Crippen LogP contribution in [0.2, 0.25) is 0 Å². The fourth-order valence-electron chi connectivity index (χ4n) is 2.34. The first-order valence-electron chi connectivity index (χ1n) is 7.46. The van der Waals surface area contributed by atoms with E-state index in [9.17, 15) is 4.79 Å². The van der Waals surface area contributed by atoms with E-state index in [-0.39, 0.29) is 5.91 Å². The number of hydrogen-bond acceptors (Lipinski definition) is 4. The molecule has 0 radical (unpaired) electrons. The summed E-state index contributed by atoms with van der Waals surface area (Å²) in [5.41, 5.74) is 5.65. The Bertz CT molecular complexity index is 806. The lowest BCUT2D eigenvalue weighted by Crippen LogP contribution is -2.11. The Morgan fingerprint density at radius 2 is 2.09 bits per heavy atom. The molecule has 5 heteroatoms. The molecule has 0 aliphatic carbocycles. The van der Waals surface area contributed by atoms with Crippen molar-refractivity contribution in [2.24, 2.45) is 0 Å². The van der Waals surface area contributed by atoms with Crippen LogP contribution in [0.3, 0.4) is 0 Å². The van der Waals surface area contributed by atoms with Crippen molar-refractivity contribution >= 4 is 33.7 Å². The SMILES string of the molecule is Cc1ccc(C)c(-c2csc(NC(=O)CCc3ccsc3)n2)c1. The zero-order valence-corrected chi connectivity index (χ0v) is 14.8. The van der Waals surface area contributed by atoms with Crippen LogP contribution in [-0.4, -0.2) is 10.9 Å². The van der Waals surface area contributed by atoms with Gasteiger partial charge in [-0.05, 0) is 54.3 Å². The molecule has 0 atom stereocenters. The third kappa shape index (κ3) is 4.06. The van der Waals surface area contributed by atoms with E-state index in [2.05, 4.69) is 53.8 Å². The van der Waals surface area contributed by atoms with Gasteiger partial charge in [-0.1, -0.05) is 17.7 Å². The summed E-state index contributed by atoms with van der Waals surface area (Å²) in [4.78, 5) is 16.6. The molecule has 0 aliphatic rings. The fraction of sp³-hybridized carbons (Fsp3) is 0.222. The summed E-state index contributed by atoms with van der Waals surface area (Å²) in [7, 11) is 0. The summed E-state index contributed by atoms with van der Waals surface area (Å²) in [6.07, 6.45) is 1.25. The highest BCUT2D eigenvalue weighted by molar-refractivity contribution is 7.14. The number of amides is 1. The van der Waals surface area contributed by atoms with Gasteiger partial charge in [0.05, 0.1) is 5.69 Å². The fourth-order valence-corrected chi connectivity index (χ4v) is 3.77. The Morgan fingerprint density at radius 3 is 2.87 bits per heavy atom. The normalized spacial score (nSPS) is 10.7. The van der Waals surface area contributed by atoms with Gasteiger partial charge in [-0.15, -0.1) is 11.3 Å². The smallest absolute Gasteiger partial charge is 0.226 e. The second kappa shape index (κ2) is 7.06. The van der Waals surface area contributed by atoms with Gasteiger partial charge in [0, 0.05) is 17.4 Å². The molecule has 0 saturated carbocycles. The van der Waals surface area contributed by atoms with E-state index in [0.717, 1.165) is 17.7 Å². The monoisotopic (exact) mass is 342 g/mol. The third-order valence-corrected chi connectivity index (χ3v) is 5.13. The zero-order chi connectivity index (χ0) is 16.2. The summed E-state index contributed by atoms with van der Waals surface area (Å²) < 4.78 is 0. The lowest BCUT2D eigenvalue weighted by atomic mass is 10.0. The number of aryl methyl sites for hydroxylation is 3. The lowest BCUT2D eigenvalue weighted by molar-refractivity contribution is -0.116. The molecule has 0 saturated heterocycles. The predicted molar refractivity (Wildman–Crippen MR) is 98.3 cm³/mol. The molecule has 1 amide bonds. The Labute approximate surface area is 144 Å². The summed E-state index contributed by atoms with van der Waals surface area (Å²) in [5.74, 6) is 0.0121. The van der Waals surface area contributed by atoms with Gasteiger partial charge < -0.3 is 5.32 Å². The molecular weight excluding hydrogens is 324 g/mol. The maximum absolute atomic E-state index is 12.0. The van der Waals surface area contributed by atoms with Crippen LogP contribution in [0.25, 0.3) is 11.3 Å². The molecule has 0 spiro atoms. The van der Waals surface area contributed by atoms with Crippen LogP contribution in [0.5, 0.6) is 0 Å². The first-order chi connectivity index (χ1) is 11.1. The number of carbonyl (C=O) groups excluding carboxylic acids is 1. The second-order valence-corrected chi connectivity index (χ2v) is 7.17. The zero-order valence-electron chi connectivity index (χ0n) is 13.1. The number of carbonyl (C=O) groups is 1. The van der Waals surface area contributed by atoms with Gasteiger partial charge in [0.15, 0.2) is 5.13 Å². The van der Waals surface area contributed by atoms with Gasteiger partial charge >= 0.3 is 0 Å². The van der Waals surface area contributed by atoms with Crippen molar-refractivity contribution < 1.29 is 4.79 Å². The van der Waals surface area contributed by atoms with Crippen LogP contribution >= 0.6 is 22.7 Å². The molecule has 0 bridgehead atoms. The Balaban J connectivity index is 1.65. The van der Waals surface area contributed by atoms with Gasteiger partial charge in [0.25, 0.3) is 0 Å². The summed E-state index contributed by atoms with van der Waals surface area (Å²) in [6.45, 7) is 4.15. The lowest BCUT2D eigenvalue weighted by Gasteiger charge is -2.04. The van der Waals surface area contributed by atoms with Gasteiger partial charge in [0.1, 0.15) is 0 Å². The first-order valence-corrected chi connectivity index (χ1v) is 9.28. The number of anilines is 1. The summed E-state index contributed by atoms with van der Waals surface area (Å²) in [5, 5.41) is 9.67. The van der Waals surface area contributed by atoms with E-state index in [0.29, 0.717) is 11.6 Å². The molecule has 1 aromatic carbocycles. The number of hydrogen-bond donors (Lipinski definition) is 1. The van der Waals surface area contributed by atoms with Crippen molar-refractivity contribution in [3.8, 4) is 11.3 Å². The summed E-state index contributed by atoms with van der Waals surface area (Å²) >= 11 is 3.13. The van der Waals surface area contributed by atoms with Gasteiger partial charge in [-0.2, -0.15) is 11.3 Å². The van der Waals surface area contributed by atoms with Crippen molar-refractivity contribution in [3.63, 3.8) is 0 Å². The summed E-state index contributed by atoms with van der Waals surface area (Å²) in [6, 6.07) is 8.38. The van der Waals surface area contributed by atoms with Gasteiger partial charge in [0.2, 0.25) is 5.91 Å². The predicted octanol–water partition coefficient (Wildman–Crippen LogP) is 5.06. The number of rotatable bonds is 5. The highest BCUT2D eigenvalue weighted by atomic mass is 32.1. The Kier molecular flexibility index (Phi) is 4.88. The number of nitrogens with zero attached hydrogens (tertiary/aromatic N) is 1. The standard InChI is InChI=1S/C18H18N2OS2/c1-12-3-4-13(2)15(9-12)16-11-23-18(19-16)20-17(21)6-5-14-7-8-22-10-14/h3-4,7-11H,5-6H2,1-2H3,(H,19,20,21). The minimum atomic E-state index is 0.0121. The molecule has 118 valence electrons. The quantitative estimate of drug-likeness (QED) is 0.704. The molecule has 0 fully saturated rings. The van der Waals surface area contributed by atoms with Gasteiger partial charge in [-0.25, -0.2) is 4.98 Å². The van der Waals surface area contributed by atoms with Gasteiger partial charge in [-0.3, -0.25) is 4.79 Å². The van der Waals surface area contributed by atoms with Crippen LogP contribution in [0.1, 0.15) is 23.1 Å². The average Bonchev–Trinajstić information content (AvgIpc) is 3.19. The van der Waals surface area contributed by atoms with Crippen LogP contribution in [0.15, 0.2) is 40.4 Å². The molecule has 0 aliphatic heterocycles. The molecule has 2 heterocycles. The Hall–Kier alpha value is -1.98. The number of thiophene rings is 1. The van der Waals surface area contributed by atoms with E-state index in [1.807, 2.05) is 10.8 Å². The van der Waals surface area contributed by atoms with Crippen LogP contribution in [0, 0.1) is 13.8 Å². The first kappa shape index (κ1) is 15.9. The van der Waals surface area contributed by atoms with Crippen molar-refractivity contribution in [2.45, 2.75) is 26.7 Å². The molecule has 3 rings (SSSR count). The molecule has 23 heavy (non-hydrogen) atoms. The minimum Gasteiger partial charge on any atom is -0.302 e. The maximum atomic E-state index is 12.0. The van der Waals surface area contributed by atoms with Crippen LogP contribution < -0.4 is 5.32 Å². The van der Waals surface area contributed by atoms with Crippen molar-refractivity contribution in [1.82, 2.24) is 4.98 Å². The Morgan fingerprint density at radius 1 is 1.22 bits per heavy atom. The maximum Gasteiger partial charge on any atom is 0.226 e. The second-order valence-electron chi connectivity index (χ2n) is 5.54. The van der Waals surface area contributed by atoms with Crippen molar-refractivity contribution in [2.75, 3.05) is 5.32 Å². The highest BCUT2D eigenvalue weighted by Crippen LogP contribution is 2.28. The van der Waals surface area contributed by atoms with Crippen LogP contribution in [-0.2, 0) is 11.2 Å².